The zero-order chi connectivity index (χ0) is 20.9. The van der Waals surface area contributed by atoms with E-state index in [9.17, 15) is 13.2 Å². The molecule has 3 heterocycles. The van der Waals surface area contributed by atoms with Crippen LogP contribution in [-0.2, 0) is 14.8 Å². The number of sulfonamides is 1. The van der Waals surface area contributed by atoms with Gasteiger partial charge in [0.2, 0.25) is 21.9 Å². The molecule has 0 bridgehead atoms. The van der Waals surface area contributed by atoms with E-state index in [-0.39, 0.29) is 11.8 Å². The number of nitrogens with zero attached hydrogens (tertiary/aromatic N) is 4. The van der Waals surface area contributed by atoms with E-state index in [1.165, 1.54) is 29.8 Å². The lowest BCUT2D eigenvalue weighted by molar-refractivity contribution is -0.126. The van der Waals surface area contributed by atoms with Crippen molar-refractivity contribution in [3.05, 3.63) is 11.8 Å². The van der Waals surface area contributed by atoms with Crippen LogP contribution in [0.2, 0.25) is 0 Å². The molecule has 2 aliphatic heterocycles. The number of aromatic nitrogens is 2. The first kappa shape index (κ1) is 21.8. The van der Waals surface area contributed by atoms with Crippen LogP contribution in [0.3, 0.4) is 0 Å². The fourth-order valence-electron chi connectivity index (χ4n) is 3.87. The largest absolute Gasteiger partial charge is 0.356 e. The molecule has 162 valence electrons. The van der Waals surface area contributed by atoms with Gasteiger partial charge in [-0.05, 0) is 39.0 Å². The van der Waals surface area contributed by atoms with Gasteiger partial charge in [0.15, 0.2) is 0 Å². The SMILES string of the molecule is Cc1cc(N2CCCCC2)nc(NCCNC(=O)C2CCN(S(C)(=O)=O)CC2)n1. The van der Waals surface area contributed by atoms with Crippen LogP contribution in [0.1, 0.15) is 37.8 Å². The number of aryl methyl sites for hydroxylation is 1. The third-order valence-electron chi connectivity index (χ3n) is 5.52. The van der Waals surface area contributed by atoms with Gasteiger partial charge in [0.1, 0.15) is 5.82 Å². The van der Waals surface area contributed by atoms with E-state index < -0.39 is 10.0 Å². The van der Waals surface area contributed by atoms with Crippen molar-refractivity contribution in [3.63, 3.8) is 0 Å². The van der Waals surface area contributed by atoms with Crippen molar-refractivity contribution in [2.24, 2.45) is 5.92 Å². The van der Waals surface area contributed by atoms with Gasteiger partial charge >= 0.3 is 0 Å². The Labute approximate surface area is 173 Å². The van der Waals surface area contributed by atoms with E-state index in [0.29, 0.717) is 45.0 Å². The Kier molecular flexibility index (Phi) is 7.28. The predicted octanol–water partition coefficient (Wildman–Crippen LogP) is 0.975. The van der Waals surface area contributed by atoms with Crippen LogP contribution in [0.4, 0.5) is 11.8 Å². The van der Waals surface area contributed by atoms with Crippen LogP contribution in [-0.4, -0.2) is 74.1 Å². The average Bonchev–Trinajstić information content (AvgIpc) is 2.71. The van der Waals surface area contributed by atoms with Gasteiger partial charge in [-0.2, -0.15) is 4.98 Å². The first-order chi connectivity index (χ1) is 13.8. The minimum Gasteiger partial charge on any atom is -0.356 e. The Bertz CT molecular complexity index is 802. The number of amides is 1. The third-order valence-corrected chi connectivity index (χ3v) is 6.83. The van der Waals surface area contributed by atoms with Gasteiger partial charge in [0.25, 0.3) is 0 Å². The molecule has 1 aromatic heterocycles. The first-order valence-electron chi connectivity index (χ1n) is 10.4. The molecule has 0 atom stereocenters. The predicted molar refractivity (Wildman–Crippen MR) is 113 cm³/mol. The van der Waals surface area contributed by atoms with Crippen molar-refractivity contribution in [1.82, 2.24) is 19.6 Å². The highest BCUT2D eigenvalue weighted by atomic mass is 32.2. The van der Waals surface area contributed by atoms with Gasteiger partial charge in [-0.3, -0.25) is 4.79 Å². The van der Waals surface area contributed by atoms with Crippen molar-refractivity contribution in [2.75, 3.05) is 55.7 Å². The van der Waals surface area contributed by atoms with Gasteiger partial charge in [0.05, 0.1) is 6.26 Å². The lowest BCUT2D eigenvalue weighted by atomic mass is 9.97. The van der Waals surface area contributed by atoms with Gasteiger partial charge in [0, 0.05) is 56.9 Å². The number of hydrogen-bond donors (Lipinski definition) is 2. The fraction of sp³-hybridized carbons (Fsp3) is 0.737. The maximum Gasteiger partial charge on any atom is 0.224 e. The molecule has 10 heteroatoms. The van der Waals surface area contributed by atoms with Crippen LogP contribution in [0, 0.1) is 12.8 Å². The molecule has 2 aliphatic rings. The molecule has 1 aromatic rings. The number of anilines is 2. The molecule has 0 aliphatic carbocycles. The van der Waals surface area contributed by atoms with Crippen molar-refractivity contribution >= 4 is 27.7 Å². The molecule has 0 spiro atoms. The van der Waals surface area contributed by atoms with E-state index in [1.807, 2.05) is 13.0 Å². The highest BCUT2D eigenvalue weighted by molar-refractivity contribution is 7.88. The quantitative estimate of drug-likeness (QED) is 0.628. The molecular weight excluding hydrogens is 392 g/mol. The number of nitrogens with one attached hydrogen (secondary N) is 2. The average molecular weight is 425 g/mol. The summed E-state index contributed by atoms with van der Waals surface area (Å²) in [5, 5.41) is 6.13. The molecule has 0 radical (unpaired) electrons. The topological polar surface area (TPSA) is 108 Å². The second kappa shape index (κ2) is 9.71. The molecule has 9 nitrogen and oxygen atoms in total. The Morgan fingerprint density at radius 1 is 1.10 bits per heavy atom. The van der Waals surface area contributed by atoms with Gasteiger partial charge < -0.3 is 15.5 Å². The van der Waals surface area contributed by atoms with Crippen molar-refractivity contribution in [2.45, 2.75) is 39.0 Å². The van der Waals surface area contributed by atoms with Crippen molar-refractivity contribution < 1.29 is 13.2 Å². The molecular formula is C19H32N6O3S. The summed E-state index contributed by atoms with van der Waals surface area (Å²) in [5.41, 5.74) is 0.921. The third kappa shape index (κ3) is 6.27. The summed E-state index contributed by atoms with van der Waals surface area (Å²) < 4.78 is 24.6. The highest BCUT2D eigenvalue weighted by Crippen LogP contribution is 2.20. The summed E-state index contributed by atoms with van der Waals surface area (Å²) >= 11 is 0. The molecule has 2 N–H and O–H groups in total. The smallest absolute Gasteiger partial charge is 0.224 e. The van der Waals surface area contributed by atoms with E-state index in [2.05, 4.69) is 25.5 Å². The van der Waals surface area contributed by atoms with E-state index in [0.717, 1.165) is 24.6 Å². The van der Waals surface area contributed by atoms with Crippen molar-refractivity contribution in [1.29, 1.82) is 0 Å². The van der Waals surface area contributed by atoms with Crippen LogP contribution >= 0.6 is 0 Å². The summed E-state index contributed by atoms with van der Waals surface area (Å²) in [6.45, 7) is 5.86. The number of rotatable bonds is 7. The number of carbonyl (C=O) groups is 1. The maximum atomic E-state index is 12.3. The zero-order valence-electron chi connectivity index (χ0n) is 17.4. The second-order valence-corrected chi connectivity index (χ2v) is 9.88. The minimum atomic E-state index is -3.17. The zero-order valence-corrected chi connectivity index (χ0v) is 18.2. The molecule has 2 saturated heterocycles. The standard InChI is InChI=1S/C19H32N6O3S/c1-15-14-17(24-10-4-3-5-11-24)23-19(22-15)21-9-8-20-18(26)16-6-12-25(13-7-16)29(2,27)28/h14,16H,3-13H2,1-2H3,(H,20,26)(H,21,22,23). The summed E-state index contributed by atoms with van der Waals surface area (Å²) in [4.78, 5) is 23.7. The Hall–Kier alpha value is -1.94. The van der Waals surface area contributed by atoms with E-state index >= 15 is 0 Å². The van der Waals surface area contributed by atoms with Crippen LogP contribution < -0.4 is 15.5 Å². The maximum absolute atomic E-state index is 12.3. The van der Waals surface area contributed by atoms with Gasteiger partial charge in [-0.1, -0.05) is 0 Å². The monoisotopic (exact) mass is 424 g/mol. The Morgan fingerprint density at radius 2 is 1.79 bits per heavy atom. The molecule has 29 heavy (non-hydrogen) atoms. The minimum absolute atomic E-state index is 0.0147. The van der Waals surface area contributed by atoms with Crippen LogP contribution in [0.15, 0.2) is 6.07 Å². The van der Waals surface area contributed by atoms with E-state index in [1.54, 1.807) is 0 Å². The molecule has 0 saturated carbocycles. The fourth-order valence-corrected chi connectivity index (χ4v) is 4.74. The summed E-state index contributed by atoms with van der Waals surface area (Å²) in [6, 6.07) is 2.02. The van der Waals surface area contributed by atoms with Crippen LogP contribution in [0.5, 0.6) is 0 Å². The first-order valence-corrected chi connectivity index (χ1v) is 12.2. The number of piperidine rings is 2. The number of hydrogen-bond acceptors (Lipinski definition) is 7. The Balaban J connectivity index is 1.42. The summed E-state index contributed by atoms with van der Waals surface area (Å²) in [7, 11) is -3.17. The second-order valence-electron chi connectivity index (χ2n) is 7.89. The van der Waals surface area contributed by atoms with Gasteiger partial charge in [-0.25, -0.2) is 17.7 Å². The van der Waals surface area contributed by atoms with Gasteiger partial charge in [-0.15, -0.1) is 0 Å². The highest BCUT2D eigenvalue weighted by Gasteiger charge is 2.28. The summed E-state index contributed by atoms with van der Waals surface area (Å²) in [6.07, 6.45) is 6.00. The molecule has 0 aromatic carbocycles. The molecule has 0 unspecified atom stereocenters. The lowest BCUT2D eigenvalue weighted by Gasteiger charge is -2.29. The summed E-state index contributed by atoms with van der Waals surface area (Å²) in [5.74, 6) is 1.40. The van der Waals surface area contributed by atoms with Crippen LogP contribution in [0.25, 0.3) is 0 Å². The number of carbonyl (C=O) groups excluding carboxylic acids is 1. The molecule has 2 fully saturated rings. The lowest BCUT2D eigenvalue weighted by Crippen LogP contribution is -2.43. The van der Waals surface area contributed by atoms with E-state index in [4.69, 9.17) is 0 Å². The normalized spacial score (nSPS) is 19.2. The van der Waals surface area contributed by atoms with Crippen molar-refractivity contribution in [3.8, 4) is 0 Å². The molecule has 1 amide bonds. The Morgan fingerprint density at radius 3 is 2.45 bits per heavy atom. The molecule has 3 rings (SSSR count).